The van der Waals surface area contributed by atoms with Crippen molar-refractivity contribution in [1.29, 1.82) is 5.41 Å². The predicted molar refractivity (Wildman–Crippen MR) is 135 cm³/mol. The van der Waals surface area contributed by atoms with E-state index in [1.165, 1.54) is 12.8 Å². The van der Waals surface area contributed by atoms with Crippen molar-refractivity contribution >= 4 is 17.9 Å². The number of rotatable bonds is 12. The number of hydrogen-bond acceptors (Lipinski definition) is 4. The molecule has 0 aliphatic heterocycles. The Hall–Kier alpha value is -3.12. The molecular formula is C27H36N4O2. The maximum Gasteiger partial charge on any atom is 0.207 e. The fourth-order valence-corrected chi connectivity index (χ4v) is 3.81. The minimum Gasteiger partial charge on any atom is -0.388 e. The Balaban J connectivity index is 1.80. The van der Waals surface area contributed by atoms with E-state index in [2.05, 4.69) is 22.9 Å². The van der Waals surface area contributed by atoms with Crippen LogP contribution >= 0.6 is 0 Å². The minimum atomic E-state index is -0.905. The Morgan fingerprint density at radius 3 is 2.48 bits per heavy atom. The molecule has 0 aromatic heterocycles. The van der Waals surface area contributed by atoms with Gasteiger partial charge in [-0.05, 0) is 73.9 Å². The summed E-state index contributed by atoms with van der Waals surface area (Å²) in [6.45, 7) is 7.07. The lowest BCUT2D eigenvalue weighted by atomic mass is 9.94. The van der Waals surface area contributed by atoms with Gasteiger partial charge in [-0.1, -0.05) is 37.3 Å². The first-order valence-corrected chi connectivity index (χ1v) is 11.7. The Labute approximate surface area is 197 Å². The standard InChI is InChI=1S/C27H36N4O2/c1-4-24(25(13-14-29-18-32)30-17-19-11-12-19)26(28)31-23-10-6-8-21(16-23)20-7-5-9-22(15-20)27(2,3)33/h5-10,15-16,18-19,30,33H,4,11-14,17H2,1-3H3,(H2,28,31)(H,29,32)/b25-24-. The monoisotopic (exact) mass is 448 g/mol. The summed E-state index contributed by atoms with van der Waals surface area (Å²) in [4.78, 5) is 10.7. The van der Waals surface area contributed by atoms with Crippen molar-refractivity contribution < 1.29 is 9.90 Å². The summed E-state index contributed by atoms with van der Waals surface area (Å²) >= 11 is 0. The Morgan fingerprint density at radius 2 is 1.85 bits per heavy atom. The smallest absolute Gasteiger partial charge is 0.207 e. The van der Waals surface area contributed by atoms with Crippen LogP contribution in [0, 0.1) is 11.3 Å². The number of hydrogen-bond donors (Lipinski definition) is 5. The van der Waals surface area contributed by atoms with E-state index >= 15 is 0 Å². The van der Waals surface area contributed by atoms with Crippen molar-refractivity contribution in [2.75, 3.05) is 18.4 Å². The highest BCUT2D eigenvalue weighted by atomic mass is 16.3. The molecule has 3 rings (SSSR count). The van der Waals surface area contributed by atoms with E-state index in [1.807, 2.05) is 48.5 Å². The average molecular weight is 449 g/mol. The van der Waals surface area contributed by atoms with Gasteiger partial charge in [-0.3, -0.25) is 10.2 Å². The first-order chi connectivity index (χ1) is 15.8. The summed E-state index contributed by atoms with van der Waals surface area (Å²) in [5.41, 5.74) is 4.77. The number of carbonyl (C=O) groups is 1. The first-order valence-electron chi connectivity index (χ1n) is 11.7. The van der Waals surface area contributed by atoms with E-state index in [0.717, 1.165) is 46.1 Å². The predicted octanol–water partition coefficient (Wildman–Crippen LogP) is 4.77. The summed E-state index contributed by atoms with van der Waals surface area (Å²) < 4.78 is 0. The molecule has 0 bridgehead atoms. The van der Waals surface area contributed by atoms with Crippen LogP contribution in [0.3, 0.4) is 0 Å². The molecule has 1 amide bonds. The fourth-order valence-electron chi connectivity index (χ4n) is 3.81. The third kappa shape index (κ3) is 7.19. The largest absolute Gasteiger partial charge is 0.388 e. The molecule has 0 saturated heterocycles. The summed E-state index contributed by atoms with van der Waals surface area (Å²) in [5, 5.41) is 28.6. The third-order valence-electron chi connectivity index (χ3n) is 5.96. The van der Waals surface area contributed by atoms with Gasteiger partial charge in [-0.2, -0.15) is 0 Å². The lowest BCUT2D eigenvalue weighted by Crippen LogP contribution is -2.26. The molecule has 0 heterocycles. The van der Waals surface area contributed by atoms with Crippen LogP contribution in [0.15, 0.2) is 59.8 Å². The Kier molecular flexibility index (Phi) is 8.28. The molecule has 1 aliphatic carbocycles. The molecule has 2 aromatic carbocycles. The summed E-state index contributed by atoms with van der Waals surface area (Å²) in [7, 11) is 0. The van der Waals surface area contributed by atoms with Gasteiger partial charge in [-0.25, -0.2) is 0 Å². The summed E-state index contributed by atoms with van der Waals surface area (Å²) in [6, 6.07) is 15.9. The molecule has 1 saturated carbocycles. The minimum absolute atomic E-state index is 0.365. The highest BCUT2D eigenvalue weighted by Crippen LogP contribution is 2.29. The number of anilines is 1. The van der Waals surface area contributed by atoms with Crippen molar-refractivity contribution in [2.24, 2.45) is 5.92 Å². The van der Waals surface area contributed by atoms with Gasteiger partial charge in [-0.15, -0.1) is 0 Å². The Morgan fingerprint density at radius 1 is 1.15 bits per heavy atom. The van der Waals surface area contributed by atoms with Crippen LogP contribution in [0.1, 0.15) is 52.0 Å². The van der Waals surface area contributed by atoms with Crippen LogP contribution in [0.4, 0.5) is 5.69 Å². The van der Waals surface area contributed by atoms with Crippen molar-refractivity contribution in [2.45, 2.75) is 52.1 Å². The topological polar surface area (TPSA) is 97.2 Å². The zero-order valence-electron chi connectivity index (χ0n) is 19.9. The van der Waals surface area contributed by atoms with Crippen LogP contribution in [0.2, 0.25) is 0 Å². The first kappa shape index (κ1) is 24.5. The van der Waals surface area contributed by atoms with Gasteiger partial charge >= 0.3 is 0 Å². The molecule has 5 N–H and O–H groups in total. The SMILES string of the molecule is CC/C(C(=N)Nc1cccc(-c2cccc(C(C)(C)O)c2)c1)=C(\CCNC=O)NCC1CC1. The highest BCUT2D eigenvalue weighted by Gasteiger charge is 2.22. The molecule has 6 heteroatoms. The zero-order chi connectivity index (χ0) is 23.8. The van der Waals surface area contributed by atoms with Crippen molar-refractivity contribution in [1.82, 2.24) is 10.6 Å². The van der Waals surface area contributed by atoms with Crippen molar-refractivity contribution in [3.63, 3.8) is 0 Å². The second kappa shape index (κ2) is 11.1. The van der Waals surface area contributed by atoms with Gasteiger partial charge in [0.25, 0.3) is 0 Å². The molecule has 0 atom stereocenters. The quantitative estimate of drug-likeness (QED) is 0.140. The Bertz CT molecular complexity index is 1000. The van der Waals surface area contributed by atoms with E-state index in [1.54, 1.807) is 13.8 Å². The van der Waals surface area contributed by atoms with E-state index in [9.17, 15) is 9.90 Å². The van der Waals surface area contributed by atoms with Crippen LogP contribution in [-0.4, -0.2) is 30.4 Å². The second-order valence-corrected chi connectivity index (χ2v) is 9.18. The van der Waals surface area contributed by atoms with Gasteiger partial charge in [0, 0.05) is 36.5 Å². The zero-order valence-corrected chi connectivity index (χ0v) is 19.9. The van der Waals surface area contributed by atoms with Gasteiger partial charge in [0.15, 0.2) is 0 Å². The lowest BCUT2D eigenvalue weighted by Gasteiger charge is -2.19. The highest BCUT2D eigenvalue weighted by molar-refractivity contribution is 6.06. The normalized spacial score (nSPS) is 14.3. The summed E-state index contributed by atoms with van der Waals surface area (Å²) in [5.74, 6) is 1.08. The van der Waals surface area contributed by atoms with E-state index in [-0.39, 0.29) is 0 Å². The molecule has 0 radical (unpaired) electrons. The van der Waals surface area contributed by atoms with E-state index in [0.29, 0.717) is 31.6 Å². The van der Waals surface area contributed by atoms with Gasteiger partial charge < -0.3 is 21.1 Å². The van der Waals surface area contributed by atoms with Crippen molar-refractivity contribution in [3.8, 4) is 11.1 Å². The second-order valence-electron chi connectivity index (χ2n) is 9.18. The van der Waals surface area contributed by atoms with Gasteiger partial charge in [0.05, 0.1) is 5.60 Å². The van der Waals surface area contributed by atoms with E-state index in [4.69, 9.17) is 5.41 Å². The number of amides is 1. The van der Waals surface area contributed by atoms with Crippen LogP contribution < -0.4 is 16.0 Å². The molecule has 2 aromatic rings. The number of benzene rings is 2. The lowest BCUT2D eigenvalue weighted by molar-refractivity contribution is -0.109. The van der Waals surface area contributed by atoms with Crippen LogP contribution in [0.5, 0.6) is 0 Å². The fraction of sp³-hybridized carbons (Fsp3) is 0.407. The third-order valence-corrected chi connectivity index (χ3v) is 5.96. The van der Waals surface area contributed by atoms with E-state index < -0.39 is 5.60 Å². The molecule has 1 aliphatic rings. The number of nitrogens with one attached hydrogen (secondary N) is 4. The molecular weight excluding hydrogens is 412 g/mol. The molecule has 6 nitrogen and oxygen atoms in total. The number of amidine groups is 1. The molecule has 1 fully saturated rings. The maximum absolute atomic E-state index is 10.7. The van der Waals surface area contributed by atoms with Crippen molar-refractivity contribution in [3.05, 3.63) is 65.4 Å². The molecule has 176 valence electrons. The number of carbonyl (C=O) groups excluding carboxylic acids is 1. The molecule has 33 heavy (non-hydrogen) atoms. The van der Waals surface area contributed by atoms with Gasteiger partial charge in [0.1, 0.15) is 5.84 Å². The number of aliphatic hydroxyl groups is 1. The van der Waals surface area contributed by atoms with Crippen LogP contribution in [-0.2, 0) is 10.4 Å². The summed E-state index contributed by atoms with van der Waals surface area (Å²) in [6.07, 6.45) is 4.61. The van der Waals surface area contributed by atoms with Crippen LogP contribution in [0.25, 0.3) is 11.1 Å². The van der Waals surface area contributed by atoms with Gasteiger partial charge in [0.2, 0.25) is 6.41 Å². The average Bonchev–Trinajstić information content (AvgIpc) is 3.62. The maximum atomic E-state index is 10.7. The molecule has 0 unspecified atom stereocenters. The molecule has 0 spiro atoms.